The highest BCUT2D eigenvalue weighted by Crippen LogP contribution is 2.22. The van der Waals surface area contributed by atoms with E-state index < -0.39 is 5.97 Å². The van der Waals surface area contributed by atoms with Crippen LogP contribution in [0.1, 0.15) is 19.8 Å². The van der Waals surface area contributed by atoms with Crippen molar-refractivity contribution in [3.05, 3.63) is 11.6 Å². The fourth-order valence-electron chi connectivity index (χ4n) is 1.07. The lowest BCUT2D eigenvalue weighted by Gasteiger charge is -1.89. The molecule has 2 nitrogen and oxygen atoms in total. The summed E-state index contributed by atoms with van der Waals surface area (Å²) in [5.41, 5.74) is 0.586. The van der Waals surface area contributed by atoms with Gasteiger partial charge >= 0.3 is 5.97 Å². The number of carbonyl (C=O) groups is 1. The van der Waals surface area contributed by atoms with Gasteiger partial charge in [-0.3, -0.25) is 0 Å². The third kappa shape index (κ3) is 1.31. The van der Waals surface area contributed by atoms with Crippen molar-refractivity contribution in [3.8, 4) is 0 Å². The first-order valence-electron chi connectivity index (χ1n) is 3.14. The van der Waals surface area contributed by atoms with Crippen LogP contribution in [-0.2, 0) is 4.79 Å². The first kappa shape index (κ1) is 6.33. The van der Waals surface area contributed by atoms with Crippen molar-refractivity contribution in [3.63, 3.8) is 0 Å². The summed E-state index contributed by atoms with van der Waals surface area (Å²) >= 11 is 0. The smallest absolute Gasteiger partial charge is 0.331 e. The van der Waals surface area contributed by atoms with Crippen LogP contribution in [0.4, 0.5) is 0 Å². The van der Waals surface area contributed by atoms with Crippen molar-refractivity contribution in [2.75, 3.05) is 0 Å². The maximum absolute atomic E-state index is 10.3. The maximum atomic E-state index is 10.3. The Bertz CT molecular complexity index is 158. The van der Waals surface area contributed by atoms with Crippen molar-refractivity contribution >= 4 is 5.97 Å². The van der Waals surface area contributed by atoms with E-state index in [1.807, 2.05) is 13.0 Å². The average molecular weight is 126 g/mol. The highest BCUT2D eigenvalue weighted by Gasteiger charge is 2.15. The van der Waals surface area contributed by atoms with Gasteiger partial charge in [-0.05, 0) is 18.8 Å². The first-order chi connectivity index (χ1) is 4.20. The van der Waals surface area contributed by atoms with Gasteiger partial charge in [-0.25, -0.2) is 4.79 Å². The number of rotatable bonds is 1. The second kappa shape index (κ2) is 2.21. The zero-order valence-corrected chi connectivity index (χ0v) is 5.42. The molecule has 0 aromatic carbocycles. The molecule has 0 saturated carbocycles. The van der Waals surface area contributed by atoms with E-state index in [0.717, 1.165) is 12.8 Å². The zero-order valence-electron chi connectivity index (χ0n) is 5.42. The van der Waals surface area contributed by atoms with E-state index >= 15 is 0 Å². The van der Waals surface area contributed by atoms with Gasteiger partial charge in [-0.15, -0.1) is 0 Å². The second-order valence-corrected chi connectivity index (χ2v) is 2.51. The molecule has 9 heavy (non-hydrogen) atoms. The molecule has 0 spiro atoms. The highest BCUT2D eigenvalue weighted by molar-refractivity contribution is 5.87. The maximum Gasteiger partial charge on any atom is 0.331 e. The highest BCUT2D eigenvalue weighted by atomic mass is 16.4. The van der Waals surface area contributed by atoms with Gasteiger partial charge in [0.15, 0.2) is 0 Å². The second-order valence-electron chi connectivity index (χ2n) is 2.51. The quantitative estimate of drug-likeness (QED) is 0.577. The predicted octanol–water partition coefficient (Wildman–Crippen LogP) is 1.43. The molecule has 0 aromatic heterocycles. The van der Waals surface area contributed by atoms with Crippen LogP contribution in [0.2, 0.25) is 0 Å². The summed E-state index contributed by atoms with van der Waals surface area (Å²) < 4.78 is 0. The Kier molecular flexibility index (Phi) is 1.56. The van der Waals surface area contributed by atoms with Crippen LogP contribution in [0.15, 0.2) is 11.6 Å². The first-order valence-corrected chi connectivity index (χ1v) is 3.14. The van der Waals surface area contributed by atoms with Crippen LogP contribution in [0, 0.1) is 5.92 Å². The van der Waals surface area contributed by atoms with Crippen molar-refractivity contribution in [1.29, 1.82) is 0 Å². The molecule has 1 atom stereocenters. The van der Waals surface area contributed by atoms with Gasteiger partial charge in [0.1, 0.15) is 0 Å². The minimum Gasteiger partial charge on any atom is -0.478 e. The summed E-state index contributed by atoms with van der Waals surface area (Å²) in [7, 11) is 0. The van der Waals surface area contributed by atoms with Crippen LogP contribution in [-0.4, -0.2) is 11.1 Å². The van der Waals surface area contributed by atoms with Crippen molar-refractivity contribution < 1.29 is 9.90 Å². The molecule has 1 N–H and O–H groups in total. The molecule has 0 aliphatic heterocycles. The van der Waals surface area contributed by atoms with E-state index in [1.165, 1.54) is 0 Å². The van der Waals surface area contributed by atoms with Gasteiger partial charge in [0, 0.05) is 5.57 Å². The topological polar surface area (TPSA) is 37.3 Å². The number of hydrogen-bond donors (Lipinski definition) is 1. The van der Waals surface area contributed by atoms with Gasteiger partial charge in [0.05, 0.1) is 0 Å². The monoisotopic (exact) mass is 126 g/mol. The summed E-state index contributed by atoms with van der Waals surface area (Å²) in [5.74, 6) is -0.282. The van der Waals surface area contributed by atoms with Crippen LogP contribution in [0.5, 0.6) is 0 Å². The third-order valence-corrected chi connectivity index (χ3v) is 1.63. The molecule has 0 heterocycles. The van der Waals surface area contributed by atoms with E-state index in [-0.39, 0.29) is 0 Å². The van der Waals surface area contributed by atoms with E-state index in [9.17, 15) is 4.79 Å². The molecule has 1 rings (SSSR count). The Morgan fingerprint density at radius 2 is 2.56 bits per heavy atom. The average Bonchev–Trinajstić information content (AvgIpc) is 2.14. The molecule has 1 aliphatic rings. The SMILES string of the molecule is CC1C=C(C(=O)O)CC1. The number of allylic oxidation sites excluding steroid dienone is 1. The Hall–Kier alpha value is -0.790. The summed E-state index contributed by atoms with van der Waals surface area (Å²) in [6.07, 6.45) is 3.58. The van der Waals surface area contributed by atoms with E-state index in [1.54, 1.807) is 0 Å². The number of carboxylic acids is 1. The lowest BCUT2D eigenvalue weighted by molar-refractivity contribution is -0.132. The van der Waals surface area contributed by atoms with Crippen molar-refractivity contribution in [1.82, 2.24) is 0 Å². The fraction of sp³-hybridized carbons (Fsp3) is 0.571. The van der Waals surface area contributed by atoms with E-state index in [4.69, 9.17) is 5.11 Å². The molecule has 0 fully saturated rings. The zero-order chi connectivity index (χ0) is 6.85. The molecular weight excluding hydrogens is 116 g/mol. The molecule has 0 aromatic rings. The van der Waals surface area contributed by atoms with Crippen LogP contribution >= 0.6 is 0 Å². The molecule has 0 bridgehead atoms. The Morgan fingerprint density at radius 3 is 2.78 bits per heavy atom. The number of carboxylic acid groups (broad SMARTS) is 1. The van der Waals surface area contributed by atoms with E-state index in [0.29, 0.717) is 11.5 Å². The van der Waals surface area contributed by atoms with Gasteiger partial charge < -0.3 is 5.11 Å². The number of hydrogen-bond acceptors (Lipinski definition) is 1. The summed E-state index contributed by atoms with van der Waals surface area (Å²) in [4.78, 5) is 10.3. The lowest BCUT2D eigenvalue weighted by atomic mass is 10.2. The molecule has 2 heteroatoms. The van der Waals surface area contributed by atoms with Crippen LogP contribution in [0.3, 0.4) is 0 Å². The standard InChI is InChI=1S/C7H10O2/c1-5-2-3-6(4-5)7(8)9/h4-5H,2-3H2,1H3,(H,8,9). The summed E-state index contributed by atoms with van der Waals surface area (Å²) in [6, 6.07) is 0. The summed E-state index contributed by atoms with van der Waals surface area (Å²) in [5, 5.41) is 8.46. The molecule has 0 radical (unpaired) electrons. The van der Waals surface area contributed by atoms with Gasteiger partial charge in [-0.1, -0.05) is 13.0 Å². The van der Waals surface area contributed by atoms with Crippen molar-refractivity contribution in [2.24, 2.45) is 5.92 Å². The minimum atomic E-state index is -0.751. The summed E-state index contributed by atoms with van der Waals surface area (Å²) in [6.45, 7) is 2.04. The van der Waals surface area contributed by atoms with Gasteiger partial charge in [0.2, 0.25) is 0 Å². The van der Waals surface area contributed by atoms with Crippen LogP contribution in [0.25, 0.3) is 0 Å². The van der Waals surface area contributed by atoms with Crippen LogP contribution < -0.4 is 0 Å². The fourth-order valence-corrected chi connectivity index (χ4v) is 1.07. The third-order valence-electron chi connectivity index (χ3n) is 1.63. The normalized spacial score (nSPS) is 25.9. The molecule has 1 unspecified atom stereocenters. The molecule has 50 valence electrons. The predicted molar refractivity (Wildman–Crippen MR) is 34.1 cm³/mol. The minimum absolute atomic E-state index is 0.469. The lowest BCUT2D eigenvalue weighted by Crippen LogP contribution is -1.95. The van der Waals surface area contributed by atoms with Gasteiger partial charge in [-0.2, -0.15) is 0 Å². The van der Waals surface area contributed by atoms with Crippen molar-refractivity contribution in [2.45, 2.75) is 19.8 Å². The Balaban J connectivity index is 2.62. The largest absolute Gasteiger partial charge is 0.478 e. The molecule has 1 aliphatic carbocycles. The number of aliphatic carboxylic acids is 1. The van der Waals surface area contributed by atoms with Gasteiger partial charge in [0.25, 0.3) is 0 Å². The molecule has 0 saturated heterocycles. The Labute approximate surface area is 54.2 Å². The molecular formula is C7H10O2. The van der Waals surface area contributed by atoms with E-state index in [2.05, 4.69) is 0 Å². The molecule has 0 amide bonds. The Morgan fingerprint density at radius 1 is 1.89 bits per heavy atom.